The third-order valence-corrected chi connectivity index (χ3v) is 9.45. The summed E-state index contributed by atoms with van der Waals surface area (Å²) < 4.78 is 6.30. The number of benzene rings is 2. The first kappa shape index (κ1) is 39.0. The molecule has 0 bridgehead atoms. The predicted molar refractivity (Wildman–Crippen MR) is 189 cm³/mol. The lowest BCUT2D eigenvalue weighted by Crippen LogP contribution is -3.00. The molecule has 0 aliphatic carbocycles. The average molecular weight is 701 g/mol. The number of aromatic nitrogens is 2. The number of Topliss-reactive ketones (excluding diaryl/α,β-unsaturated/α-hetero) is 1. The number of anilines is 2. The highest BCUT2D eigenvalue weighted by atomic mass is 35.5. The summed E-state index contributed by atoms with van der Waals surface area (Å²) in [5, 5.41) is 3.02. The van der Waals surface area contributed by atoms with Gasteiger partial charge in [-0.3, -0.25) is 9.59 Å². The van der Waals surface area contributed by atoms with Crippen molar-refractivity contribution in [3.8, 4) is 5.75 Å². The van der Waals surface area contributed by atoms with Gasteiger partial charge in [0.15, 0.2) is 22.6 Å². The molecule has 1 amide bonds. The van der Waals surface area contributed by atoms with Crippen molar-refractivity contribution in [2.75, 3.05) is 71.9 Å². The van der Waals surface area contributed by atoms with Crippen LogP contribution >= 0.6 is 11.6 Å². The molecule has 262 valence electrons. The minimum atomic E-state index is -0.137. The third kappa shape index (κ3) is 11.6. The molecule has 10 nitrogen and oxygen atoms in total. The molecule has 3 aromatic rings. The van der Waals surface area contributed by atoms with E-state index in [1.807, 2.05) is 38.4 Å². The average Bonchev–Trinajstić information content (AvgIpc) is 3.05. The van der Waals surface area contributed by atoms with Crippen LogP contribution in [0.4, 0.5) is 11.6 Å². The van der Waals surface area contributed by atoms with E-state index in [0.29, 0.717) is 18.5 Å². The summed E-state index contributed by atoms with van der Waals surface area (Å²) in [6, 6.07) is 16.3. The van der Waals surface area contributed by atoms with Gasteiger partial charge in [-0.25, -0.2) is 9.97 Å². The summed E-state index contributed by atoms with van der Waals surface area (Å²) in [5.41, 5.74) is 15.1. The highest BCUT2D eigenvalue weighted by Gasteiger charge is 2.36. The van der Waals surface area contributed by atoms with Gasteiger partial charge in [0.2, 0.25) is 0 Å². The monoisotopic (exact) mass is 699 g/mol. The Hall–Kier alpha value is -3.44. The molecule has 2 atom stereocenters. The summed E-state index contributed by atoms with van der Waals surface area (Å²) in [6.45, 7) is 5.69. The summed E-state index contributed by atoms with van der Waals surface area (Å²) in [4.78, 5) is 36.1. The number of hydrogen-bond acceptors (Lipinski definition) is 8. The molecule has 0 radical (unpaired) electrons. The normalized spacial score (nSPS) is 17.5. The zero-order chi connectivity index (χ0) is 33.8. The van der Waals surface area contributed by atoms with Crippen LogP contribution < -0.4 is 33.9 Å². The van der Waals surface area contributed by atoms with Gasteiger partial charge in [-0.15, -0.1) is 0 Å². The number of nitrogens with one attached hydrogen (secondary N) is 1. The van der Waals surface area contributed by atoms with Crippen molar-refractivity contribution in [2.24, 2.45) is 5.92 Å². The molecule has 1 aromatic heterocycles. The Balaban J connectivity index is 0.00000625. The highest BCUT2D eigenvalue weighted by molar-refractivity contribution is 6.31. The molecular weight excluding hydrogens is 649 g/mol. The Bertz CT molecular complexity index is 1470. The molecule has 2 heterocycles. The Morgan fingerprint density at radius 2 is 1.58 bits per heavy atom. The number of likely N-dealkylation sites (tertiary alicyclic amines) is 1. The standard InChI is InChI=1S/C36H50ClN7O3.ClH/c1-43(2)20-7-19-40-36(46)29-15-11-26(12-16-29)8-4-21-44(22-5-9-27-13-17-30(47-3)18-14-27)23-6-10-28(25-44)24-31(45)32-34(38)42-35(39)33(37)41-32;/h11-18,28H,4-10,19-25H2,1-3H3,(H4-,38,39,40,42,45,46);1H. The number of quaternary nitrogens is 1. The molecule has 5 N–H and O–H groups in total. The van der Waals surface area contributed by atoms with Gasteiger partial charge in [-0.2, -0.15) is 0 Å². The van der Waals surface area contributed by atoms with Crippen LogP contribution in [0.2, 0.25) is 5.15 Å². The summed E-state index contributed by atoms with van der Waals surface area (Å²) in [5.74, 6) is 0.967. The topological polar surface area (TPSA) is 136 Å². The van der Waals surface area contributed by atoms with Crippen LogP contribution in [0.25, 0.3) is 0 Å². The second kappa shape index (κ2) is 18.9. The number of nitrogens with two attached hydrogens (primary N) is 2. The van der Waals surface area contributed by atoms with Gasteiger partial charge in [0.05, 0.1) is 33.3 Å². The van der Waals surface area contributed by atoms with E-state index in [1.54, 1.807) is 7.11 Å². The SMILES string of the molecule is COc1ccc(CCC[N+]2(CCCc3ccc(C(=O)NCCCN(C)C)cc3)CCCC(CC(=O)c3nc(Cl)c(N)nc3N)C2)cc1.[Cl-]. The Kier molecular flexibility index (Phi) is 15.4. The van der Waals surface area contributed by atoms with Crippen LogP contribution in [0.1, 0.15) is 70.5 Å². The van der Waals surface area contributed by atoms with E-state index >= 15 is 0 Å². The van der Waals surface area contributed by atoms with E-state index in [0.717, 1.165) is 87.9 Å². The minimum Gasteiger partial charge on any atom is -1.00 e. The number of aryl methyl sites for hydroxylation is 2. The Morgan fingerprint density at radius 3 is 2.19 bits per heavy atom. The molecule has 1 fully saturated rings. The number of nitrogen functional groups attached to an aromatic ring is 2. The second-order valence-electron chi connectivity index (χ2n) is 13.1. The minimum absolute atomic E-state index is 0. The van der Waals surface area contributed by atoms with E-state index in [-0.39, 0.29) is 52.5 Å². The first-order valence-electron chi connectivity index (χ1n) is 16.7. The molecule has 12 heteroatoms. The van der Waals surface area contributed by atoms with E-state index < -0.39 is 0 Å². The van der Waals surface area contributed by atoms with Gasteiger partial charge in [0.25, 0.3) is 5.91 Å². The number of ether oxygens (including phenoxy) is 1. The summed E-state index contributed by atoms with van der Waals surface area (Å²) >= 11 is 6.07. The van der Waals surface area contributed by atoms with Crippen LogP contribution in [0.3, 0.4) is 0 Å². The molecule has 1 saturated heterocycles. The van der Waals surface area contributed by atoms with Crippen molar-refractivity contribution in [2.45, 2.75) is 51.4 Å². The summed E-state index contributed by atoms with van der Waals surface area (Å²) in [7, 11) is 5.75. The number of halogens is 2. The fourth-order valence-electron chi connectivity index (χ4n) is 6.69. The smallest absolute Gasteiger partial charge is 0.251 e. The van der Waals surface area contributed by atoms with Crippen LogP contribution in [0.5, 0.6) is 5.75 Å². The molecule has 2 unspecified atom stereocenters. The van der Waals surface area contributed by atoms with Gasteiger partial charge >= 0.3 is 0 Å². The molecule has 1 aliphatic rings. The molecule has 4 rings (SSSR count). The van der Waals surface area contributed by atoms with Gasteiger partial charge < -0.3 is 43.3 Å². The van der Waals surface area contributed by atoms with Crippen molar-refractivity contribution < 1.29 is 31.2 Å². The predicted octanol–water partition coefficient (Wildman–Crippen LogP) is 2.05. The lowest BCUT2D eigenvalue weighted by atomic mass is 9.89. The molecule has 2 aromatic carbocycles. The molecule has 0 spiro atoms. The quantitative estimate of drug-likeness (QED) is 0.111. The van der Waals surface area contributed by atoms with Crippen LogP contribution in [0.15, 0.2) is 48.5 Å². The maximum atomic E-state index is 13.3. The van der Waals surface area contributed by atoms with E-state index in [1.165, 1.54) is 11.1 Å². The highest BCUT2D eigenvalue weighted by Crippen LogP contribution is 2.30. The van der Waals surface area contributed by atoms with Crippen LogP contribution in [-0.2, 0) is 12.8 Å². The first-order valence-corrected chi connectivity index (χ1v) is 17.1. The lowest BCUT2D eigenvalue weighted by molar-refractivity contribution is -0.936. The molecular formula is C36H51Cl2N7O3. The molecule has 48 heavy (non-hydrogen) atoms. The van der Waals surface area contributed by atoms with Crippen molar-refractivity contribution in [3.63, 3.8) is 0 Å². The van der Waals surface area contributed by atoms with E-state index in [4.69, 9.17) is 27.8 Å². The van der Waals surface area contributed by atoms with Crippen molar-refractivity contribution >= 4 is 34.9 Å². The van der Waals surface area contributed by atoms with Gasteiger partial charge in [0.1, 0.15) is 11.4 Å². The largest absolute Gasteiger partial charge is 1.00 e. The number of amides is 1. The van der Waals surface area contributed by atoms with Crippen molar-refractivity contribution in [1.82, 2.24) is 20.2 Å². The number of carbonyl (C=O) groups is 2. The fourth-order valence-corrected chi connectivity index (χ4v) is 6.81. The number of ketones is 1. The number of rotatable bonds is 17. The Morgan fingerprint density at radius 1 is 0.958 bits per heavy atom. The van der Waals surface area contributed by atoms with Crippen molar-refractivity contribution in [1.29, 1.82) is 0 Å². The number of nitrogens with zero attached hydrogens (tertiary/aromatic N) is 4. The molecule has 0 saturated carbocycles. The molecule has 1 aliphatic heterocycles. The van der Waals surface area contributed by atoms with Gasteiger partial charge in [0, 0.05) is 37.3 Å². The third-order valence-electron chi connectivity index (χ3n) is 9.17. The van der Waals surface area contributed by atoms with Gasteiger partial charge in [-0.1, -0.05) is 35.9 Å². The Labute approximate surface area is 296 Å². The van der Waals surface area contributed by atoms with E-state index in [9.17, 15) is 9.59 Å². The second-order valence-corrected chi connectivity index (χ2v) is 13.5. The van der Waals surface area contributed by atoms with Crippen LogP contribution in [0, 0.1) is 5.92 Å². The zero-order valence-electron chi connectivity index (χ0n) is 28.5. The maximum Gasteiger partial charge on any atom is 0.251 e. The fraction of sp³-hybridized carbons (Fsp3) is 0.500. The number of carbonyl (C=O) groups excluding carboxylic acids is 2. The van der Waals surface area contributed by atoms with Crippen LogP contribution in [-0.4, -0.2) is 91.5 Å². The van der Waals surface area contributed by atoms with Crippen molar-refractivity contribution in [3.05, 3.63) is 76.1 Å². The number of hydrogen-bond donors (Lipinski definition) is 3. The number of piperidine rings is 1. The van der Waals surface area contributed by atoms with E-state index in [2.05, 4.69) is 44.5 Å². The maximum absolute atomic E-state index is 13.3. The number of methoxy groups -OCH3 is 1. The zero-order valence-corrected chi connectivity index (χ0v) is 30.0. The van der Waals surface area contributed by atoms with Gasteiger partial charge in [-0.05, 0) is 88.1 Å². The lowest BCUT2D eigenvalue weighted by Gasteiger charge is -2.45. The summed E-state index contributed by atoms with van der Waals surface area (Å²) in [6.07, 6.45) is 7.31. The first-order chi connectivity index (χ1) is 22.6.